The number of nitrogens with two attached hydrogens (primary N) is 1. The summed E-state index contributed by atoms with van der Waals surface area (Å²) < 4.78 is 0. The second-order valence-electron chi connectivity index (χ2n) is 5.95. The van der Waals surface area contributed by atoms with E-state index in [0.717, 1.165) is 18.7 Å². The normalized spacial score (nSPS) is 29.6. The fraction of sp³-hybridized carbons (Fsp3) is 0.643. The Kier molecular flexibility index (Phi) is 3.12. The van der Waals surface area contributed by atoms with Crippen LogP contribution in [0.15, 0.2) is 0 Å². The molecule has 2 saturated heterocycles. The Morgan fingerprint density at radius 2 is 1.90 bits per heavy atom. The zero-order chi connectivity index (χ0) is 14.4. The van der Waals surface area contributed by atoms with Crippen molar-refractivity contribution in [3.8, 4) is 0 Å². The van der Waals surface area contributed by atoms with Gasteiger partial charge in [0, 0.05) is 18.0 Å². The first-order valence-electron chi connectivity index (χ1n) is 7.06. The van der Waals surface area contributed by atoms with Gasteiger partial charge in [-0.05, 0) is 39.7 Å². The van der Waals surface area contributed by atoms with E-state index in [9.17, 15) is 4.79 Å². The van der Waals surface area contributed by atoms with Gasteiger partial charge in [0.25, 0.3) is 0 Å². The van der Waals surface area contributed by atoms with Crippen LogP contribution in [0.5, 0.6) is 0 Å². The molecule has 1 aromatic heterocycles. The zero-order valence-electron chi connectivity index (χ0n) is 11.8. The molecular formula is C14H20N4O2. The number of fused-ring (bicyclic) bond motifs is 2. The Morgan fingerprint density at radius 1 is 1.30 bits per heavy atom. The number of piperidine rings is 1. The Hall–Kier alpha value is -1.69. The number of nitrogens with zero attached hydrogens (tertiary/aromatic N) is 3. The number of nitrogen functional groups attached to an aromatic ring is 1. The van der Waals surface area contributed by atoms with Crippen LogP contribution in [0.1, 0.15) is 53.5 Å². The van der Waals surface area contributed by atoms with Crippen molar-refractivity contribution in [2.75, 3.05) is 12.8 Å². The Balaban J connectivity index is 1.90. The van der Waals surface area contributed by atoms with Gasteiger partial charge in [0.15, 0.2) is 0 Å². The second-order valence-corrected chi connectivity index (χ2v) is 5.95. The summed E-state index contributed by atoms with van der Waals surface area (Å²) >= 11 is 0. The third-order valence-electron chi connectivity index (χ3n) is 4.81. The smallest absolute Gasteiger partial charge is 0.341 e. The largest absolute Gasteiger partial charge is 0.477 e. The van der Waals surface area contributed by atoms with Gasteiger partial charge in [0.2, 0.25) is 0 Å². The van der Waals surface area contributed by atoms with Crippen molar-refractivity contribution in [1.29, 1.82) is 0 Å². The molecule has 3 N–H and O–H groups in total. The predicted molar refractivity (Wildman–Crippen MR) is 74.7 cm³/mol. The molecule has 20 heavy (non-hydrogen) atoms. The van der Waals surface area contributed by atoms with E-state index >= 15 is 0 Å². The lowest BCUT2D eigenvalue weighted by atomic mass is 9.90. The fourth-order valence-electron chi connectivity index (χ4n) is 3.69. The SMILES string of the molecule is Cc1nc(C2CC3CCC(C2)N3C)nc(N)c1C(=O)O. The van der Waals surface area contributed by atoms with E-state index in [1.54, 1.807) is 6.92 Å². The quantitative estimate of drug-likeness (QED) is 0.848. The van der Waals surface area contributed by atoms with E-state index in [-0.39, 0.29) is 11.4 Å². The van der Waals surface area contributed by atoms with E-state index in [2.05, 4.69) is 21.9 Å². The Labute approximate surface area is 118 Å². The number of aryl methyl sites for hydroxylation is 1. The summed E-state index contributed by atoms with van der Waals surface area (Å²) in [5.74, 6) is 0.0452. The summed E-state index contributed by atoms with van der Waals surface area (Å²) in [6.07, 6.45) is 4.55. The van der Waals surface area contributed by atoms with Gasteiger partial charge in [-0.1, -0.05) is 0 Å². The van der Waals surface area contributed by atoms with Gasteiger partial charge in [-0.2, -0.15) is 0 Å². The Morgan fingerprint density at radius 3 is 2.40 bits per heavy atom. The van der Waals surface area contributed by atoms with E-state index in [1.807, 2.05) is 0 Å². The van der Waals surface area contributed by atoms with Crippen molar-refractivity contribution < 1.29 is 9.90 Å². The second kappa shape index (κ2) is 4.70. The molecule has 6 heteroatoms. The first-order valence-corrected chi connectivity index (χ1v) is 7.06. The molecule has 0 radical (unpaired) electrons. The molecule has 2 aliphatic heterocycles. The number of carboxylic acid groups (broad SMARTS) is 1. The Bertz CT molecular complexity index is 523. The molecule has 2 atom stereocenters. The molecule has 108 valence electrons. The highest BCUT2D eigenvalue weighted by Gasteiger charge is 2.40. The van der Waals surface area contributed by atoms with Crippen LogP contribution in [-0.2, 0) is 0 Å². The number of carbonyl (C=O) groups is 1. The molecule has 0 aromatic carbocycles. The van der Waals surface area contributed by atoms with Crippen LogP contribution in [0, 0.1) is 6.92 Å². The molecule has 3 heterocycles. The van der Waals surface area contributed by atoms with Gasteiger partial charge < -0.3 is 15.7 Å². The van der Waals surface area contributed by atoms with Crippen LogP contribution in [0.25, 0.3) is 0 Å². The number of aromatic carboxylic acids is 1. The van der Waals surface area contributed by atoms with Gasteiger partial charge in [0.1, 0.15) is 17.2 Å². The maximum absolute atomic E-state index is 11.1. The van der Waals surface area contributed by atoms with Crippen LogP contribution in [0.3, 0.4) is 0 Å². The molecule has 2 bridgehead atoms. The standard InChI is InChI=1S/C14H20N4O2/c1-7-11(14(19)20)12(15)17-13(16-7)8-5-9-3-4-10(6-8)18(9)2/h8-10H,3-6H2,1-2H3,(H,19,20)(H2,15,16,17). The number of hydrogen-bond acceptors (Lipinski definition) is 5. The van der Waals surface area contributed by atoms with E-state index in [1.165, 1.54) is 12.8 Å². The van der Waals surface area contributed by atoms with Gasteiger partial charge in [0.05, 0.1) is 5.69 Å². The number of aromatic nitrogens is 2. The minimum absolute atomic E-state index is 0.0321. The minimum Gasteiger partial charge on any atom is -0.477 e. The molecule has 2 fully saturated rings. The third-order valence-corrected chi connectivity index (χ3v) is 4.81. The summed E-state index contributed by atoms with van der Waals surface area (Å²) in [6, 6.07) is 1.20. The van der Waals surface area contributed by atoms with Gasteiger partial charge in [-0.15, -0.1) is 0 Å². The van der Waals surface area contributed by atoms with Crippen molar-refractivity contribution in [1.82, 2.24) is 14.9 Å². The number of carboxylic acids is 1. The summed E-state index contributed by atoms with van der Waals surface area (Å²) in [6.45, 7) is 1.69. The lowest BCUT2D eigenvalue weighted by Crippen LogP contribution is -2.39. The van der Waals surface area contributed by atoms with Crippen molar-refractivity contribution in [3.63, 3.8) is 0 Å². The monoisotopic (exact) mass is 276 g/mol. The molecular weight excluding hydrogens is 256 g/mol. The highest BCUT2D eigenvalue weighted by Crippen LogP contribution is 2.41. The number of hydrogen-bond donors (Lipinski definition) is 2. The third kappa shape index (κ3) is 2.04. The summed E-state index contributed by atoms with van der Waals surface area (Å²) in [7, 11) is 2.19. The minimum atomic E-state index is -1.06. The van der Waals surface area contributed by atoms with Crippen LogP contribution < -0.4 is 5.73 Å². The lowest BCUT2D eigenvalue weighted by molar-refractivity contribution is 0.0696. The molecule has 0 spiro atoms. The van der Waals surface area contributed by atoms with Crippen LogP contribution in [0.4, 0.5) is 5.82 Å². The van der Waals surface area contributed by atoms with Crippen LogP contribution >= 0.6 is 0 Å². The first kappa shape index (κ1) is 13.3. The maximum atomic E-state index is 11.1. The van der Waals surface area contributed by atoms with E-state index in [4.69, 9.17) is 10.8 Å². The summed E-state index contributed by atoms with van der Waals surface area (Å²) in [5.41, 5.74) is 6.30. The zero-order valence-corrected chi connectivity index (χ0v) is 11.8. The number of anilines is 1. The molecule has 0 amide bonds. The van der Waals surface area contributed by atoms with E-state index < -0.39 is 5.97 Å². The average Bonchev–Trinajstić information content (AvgIpc) is 2.61. The molecule has 3 rings (SSSR count). The van der Waals surface area contributed by atoms with Crippen molar-refractivity contribution >= 4 is 11.8 Å². The van der Waals surface area contributed by atoms with Gasteiger partial charge in [-0.3, -0.25) is 0 Å². The maximum Gasteiger partial charge on any atom is 0.341 e. The van der Waals surface area contributed by atoms with Crippen molar-refractivity contribution in [2.45, 2.75) is 50.6 Å². The highest BCUT2D eigenvalue weighted by atomic mass is 16.4. The molecule has 0 aliphatic carbocycles. The van der Waals surface area contributed by atoms with Gasteiger partial charge >= 0.3 is 5.97 Å². The van der Waals surface area contributed by atoms with Crippen LogP contribution in [0.2, 0.25) is 0 Å². The molecule has 1 aromatic rings. The molecule has 6 nitrogen and oxygen atoms in total. The van der Waals surface area contributed by atoms with Gasteiger partial charge in [-0.25, -0.2) is 14.8 Å². The van der Waals surface area contributed by atoms with Crippen molar-refractivity contribution in [2.24, 2.45) is 0 Å². The topological polar surface area (TPSA) is 92.3 Å². The lowest BCUT2D eigenvalue weighted by Gasteiger charge is -2.35. The number of rotatable bonds is 2. The summed E-state index contributed by atoms with van der Waals surface area (Å²) in [5, 5.41) is 9.11. The predicted octanol–water partition coefficient (Wildman–Crippen LogP) is 1.41. The molecule has 2 unspecified atom stereocenters. The first-order chi connectivity index (χ1) is 9.47. The fourth-order valence-corrected chi connectivity index (χ4v) is 3.69. The van der Waals surface area contributed by atoms with Crippen LogP contribution in [-0.4, -0.2) is 45.1 Å². The molecule has 0 saturated carbocycles. The van der Waals surface area contributed by atoms with E-state index in [0.29, 0.717) is 23.7 Å². The van der Waals surface area contributed by atoms with Crippen molar-refractivity contribution in [3.05, 3.63) is 17.1 Å². The summed E-state index contributed by atoms with van der Waals surface area (Å²) in [4.78, 5) is 22.3. The average molecular weight is 276 g/mol. The molecule has 2 aliphatic rings. The highest BCUT2D eigenvalue weighted by molar-refractivity contribution is 5.93.